The summed E-state index contributed by atoms with van der Waals surface area (Å²) in [6.45, 7) is 4.72. The lowest BCUT2D eigenvalue weighted by Gasteiger charge is -2.36. The fourth-order valence-corrected chi connectivity index (χ4v) is 3.85. The SMILES string of the molecule is COc1cccc(NC(=S)N2CCN(C(=O)Cc3nc(C)cs3)CC2)c1. The normalized spacial score (nSPS) is 14.2. The minimum atomic E-state index is 0.130. The first-order valence-electron chi connectivity index (χ1n) is 8.44. The van der Waals surface area contributed by atoms with Gasteiger partial charge in [0, 0.05) is 49.0 Å². The molecule has 1 aromatic carbocycles. The Balaban J connectivity index is 1.49. The average molecular weight is 391 g/mol. The van der Waals surface area contributed by atoms with Crippen molar-refractivity contribution in [3.05, 3.63) is 40.3 Å². The second kappa shape index (κ2) is 8.46. The molecule has 0 spiro atoms. The zero-order valence-electron chi connectivity index (χ0n) is 14.9. The minimum absolute atomic E-state index is 0.130. The van der Waals surface area contributed by atoms with Crippen LogP contribution in [0.25, 0.3) is 0 Å². The number of nitrogens with one attached hydrogen (secondary N) is 1. The largest absolute Gasteiger partial charge is 0.497 e. The molecule has 2 aromatic rings. The number of nitrogens with zero attached hydrogens (tertiary/aromatic N) is 3. The molecule has 1 fully saturated rings. The number of aromatic nitrogens is 1. The summed E-state index contributed by atoms with van der Waals surface area (Å²) in [5, 5.41) is 6.76. The van der Waals surface area contributed by atoms with E-state index in [0.717, 1.165) is 35.2 Å². The van der Waals surface area contributed by atoms with Gasteiger partial charge < -0.3 is 19.9 Å². The van der Waals surface area contributed by atoms with E-state index < -0.39 is 0 Å². The van der Waals surface area contributed by atoms with E-state index in [1.165, 1.54) is 0 Å². The fraction of sp³-hybridized carbons (Fsp3) is 0.389. The summed E-state index contributed by atoms with van der Waals surface area (Å²) in [7, 11) is 1.64. The molecule has 3 rings (SSSR count). The van der Waals surface area contributed by atoms with Crippen LogP contribution in [-0.4, -0.2) is 59.1 Å². The number of thiazole rings is 1. The number of aryl methyl sites for hydroxylation is 1. The van der Waals surface area contributed by atoms with Gasteiger partial charge in [0.05, 0.1) is 13.5 Å². The van der Waals surface area contributed by atoms with Crippen molar-refractivity contribution in [2.24, 2.45) is 0 Å². The number of rotatable bonds is 4. The number of hydrogen-bond acceptors (Lipinski definition) is 5. The van der Waals surface area contributed by atoms with Crippen molar-refractivity contribution in [3.63, 3.8) is 0 Å². The van der Waals surface area contributed by atoms with Crippen LogP contribution >= 0.6 is 23.6 Å². The Morgan fingerprint density at radius 1 is 1.31 bits per heavy atom. The molecule has 1 aliphatic heterocycles. The highest BCUT2D eigenvalue weighted by molar-refractivity contribution is 7.80. The van der Waals surface area contributed by atoms with Crippen LogP contribution in [0.1, 0.15) is 10.7 Å². The Kier molecular flexibility index (Phi) is 6.05. The molecular weight excluding hydrogens is 368 g/mol. The predicted molar refractivity (Wildman–Crippen MR) is 108 cm³/mol. The van der Waals surface area contributed by atoms with E-state index in [0.29, 0.717) is 24.6 Å². The number of thiocarbonyl (C=S) groups is 1. The molecule has 0 atom stereocenters. The number of carbonyl (C=O) groups is 1. The lowest BCUT2D eigenvalue weighted by Crippen LogP contribution is -2.51. The van der Waals surface area contributed by atoms with Crippen LogP contribution in [0.4, 0.5) is 5.69 Å². The summed E-state index contributed by atoms with van der Waals surface area (Å²) in [4.78, 5) is 20.8. The maximum Gasteiger partial charge on any atom is 0.229 e. The highest BCUT2D eigenvalue weighted by Gasteiger charge is 2.23. The van der Waals surface area contributed by atoms with E-state index >= 15 is 0 Å². The van der Waals surface area contributed by atoms with Crippen molar-refractivity contribution in [2.45, 2.75) is 13.3 Å². The number of anilines is 1. The van der Waals surface area contributed by atoms with Gasteiger partial charge in [0.25, 0.3) is 0 Å². The Hall–Kier alpha value is -2.19. The van der Waals surface area contributed by atoms with Gasteiger partial charge in [0.1, 0.15) is 10.8 Å². The Morgan fingerprint density at radius 3 is 2.69 bits per heavy atom. The molecule has 138 valence electrons. The summed E-state index contributed by atoms with van der Waals surface area (Å²) in [5.41, 5.74) is 1.86. The zero-order chi connectivity index (χ0) is 18.5. The number of methoxy groups -OCH3 is 1. The summed E-state index contributed by atoms with van der Waals surface area (Å²) in [6, 6.07) is 7.66. The third-order valence-corrected chi connectivity index (χ3v) is 5.54. The van der Waals surface area contributed by atoms with Crippen molar-refractivity contribution in [1.29, 1.82) is 0 Å². The Labute approximate surface area is 162 Å². The van der Waals surface area contributed by atoms with Gasteiger partial charge in [-0.15, -0.1) is 11.3 Å². The third-order valence-electron chi connectivity index (χ3n) is 4.21. The molecule has 1 N–H and O–H groups in total. The topological polar surface area (TPSA) is 57.7 Å². The van der Waals surface area contributed by atoms with E-state index in [9.17, 15) is 4.79 Å². The van der Waals surface area contributed by atoms with Gasteiger partial charge in [-0.3, -0.25) is 4.79 Å². The molecule has 1 aromatic heterocycles. The number of hydrogen-bond donors (Lipinski definition) is 1. The molecular formula is C18H22N4O2S2. The first-order valence-corrected chi connectivity index (χ1v) is 9.72. The van der Waals surface area contributed by atoms with E-state index in [1.807, 2.05) is 41.5 Å². The lowest BCUT2D eigenvalue weighted by atomic mass is 10.3. The maximum absolute atomic E-state index is 12.4. The van der Waals surface area contributed by atoms with Crippen LogP contribution in [0.5, 0.6) is 5.75 Å². The molecule has 26 heavy (non-hydrogen) atoms. The third kappa shape index (κ3) is 4.70. The maximum atomic E-state index is 12.4. The lowest BCUT2D eigenvalue weighted by molar-refractivity contribution is -0.131. The number of amides is 1. The van der Waals surface area contributed by atoms with E-state index in [-0.39, 0.29) is 5.91 Å². The molecule has 0 aliphatic carbocycles. The van der Waals surface area contributed by atoms with Gasteiger partial charge in [-0.25, -0.2) is 4.98 Å². The summed E-state index contributed by atoms with van der Waals surface area (Å²) in [5.74, 6) is 0.913. The summed E-state index contributed by atoms with van der Waals surface area (Å²) in [6.07, 6.45) is 0.380. The van der Waals surface area contributed by atoms with Crippen molar-refractivity contribution in [3.8, 4) is 5.75 Å². The van der Waals surface area contributed by atoms with Crippen LogP contribution in [0.3, 0.4) is 0 Å². The van der Waals surface area contributed by atoms with Gasteiger partial charge in [-0.2, -0.15) is 0 Å². The first-order chi connectivity index (χ1) is 12.5. The van der Waals surface area contributed by atoms with Gasteiger partial charge in [0.15, 0.2) is 5.11 Å². The molecule has 0 bridgehead atoms. The Morgan fingerprint density at radius 2 is 2.04 bits per heavy atom. The minimum Gasteiger partial charge on any atom is -0.497 e. The molecule has 0 radical (unpaired) electrons. The summed E-state index contributed by atoms with van der Waals surface area (Å²) < 4.78 is 5.23. The van der Waals surface area contributed by atoms with Crippen LogP contribution in [0.2, 0.25) is 0 Å². The van der Waals surface area contributed by atoms with Crippen LogP contribution < -0.4 is 10.1 Å². The fourth-order valence-electron chi connectivity index (χ4n) is 2.79. The van der Waals surface area contributed by atoms with Crippen molar-refractivity contribution in [1.82, 2.24) is 14.8 Å². The van der Waals surface area contributed by atoms with E-state index in [4.69, 9.17) is 17.0 Å². The quantitative estimate of drug-likeness (QED) is 0.810. The van der Waals surface area contributed by atoms with Crippen molar-refractivity contribution < 1.29 is 9.53 Å². The van der Waals surface area contributed by atoms with Crippen LogP contribution in [-0.2, 0) is 11.2 Å². The molecule has 1 amide bonds. The second-order valence-electron chi connectivity index (χ2n) is 6.09. The number of carbonyl (C=O) groups excluding carboxylic acids is 1. The van der Waals surface area contributed by atoms with Crippen LogP contribution in [0, 0.1) is 6.92 Å². The zero-order valence-corrected chi connectivity index (χ0v) is 16.5. The molecule has 8 heteroatoms. The van der Waals surface area contributed by atoms with Gasteiger partial charge in [0.2, 0.25) is 5.91 Å². The van der Waals surface area contributed by atoms with Crippen LogP contribution in [0.15, 0.2) is 29.6 Å². The van der Waals surface area contributed by atoms with Crippen molar-refractivity contribution in [2.75, 3.05) is 38.6 Å². The molecule has 0 unspecified atom stereocenters. The molecule has 1 aliphatic rings. The van der Waals surface area contributed by atoms with Gasteiger partial charge in [-0.05, 0) is 31.3 Å². The van der Waals surface area contributed by atoms with Gasteiger partial charge in [-0.1, -0.05) is 6.07 Å². The average Bonchev–Trinajstić information content (AvgIpc) is 3.06. The molecule has 2 heterocycles. The molecule has 6 nitrogen and oxygen atoms in total. The van der Waals surface area contributed by atoms with E-state index in [2.05, 4.69) is 15.2 Å². The monoisotopic (exact) mass is 390 g/mol. The molecule has 0 saturated carbocycles. The Bertz CT molecular complexity index is 785. The highest BCUT2D eigenvalue weighted by atomic mass is 32.1. The van der Waals surface area contributed by atoms with Crippen molar-refractivity contribution >= 4 is 40.3 Å². The number of benzene rings is 1. The van der Waals surface area contributed by atoms with E-state index in [1.54, 1.807) is 18.4 Å². The highest BCUT2D eigenvalue weighted by Crippen LogP contribution is 2.18. The predicted octanol–water partition coefficient (Wildman–Crippen LogP) is 2.54. The number of ether oxygens (including phenoxy) is 1. The molecule has 1 saturated heterocycles. The standard InChI is InChI=1S/C18H22N4O2S2/c1-13-12-26-16(19-13)11-17(23)21-6-8-22(9-7-21)18(25)20-14-4-3-5-15(10-14)24-2/h3-5,10,12H,6-9,11H2,1-2H3,(H,20,25). The smallest absolute Gasteiger partial charge is 0.229 e. The second-order valence-corrected chi connectivity index (χ2v) is 7.42. The summed E-state index contributed by atoms with van der Waals surface area (Å²) >= 11 is 7.05. The van der Waals surface area contributed by atoms with Gasteiger partial charge >= 0.3 is 0 Å². The first kappa shape index (κ1) is 18.6. The number of piperazine rings is 1.